The number of sulfone groups is 1. The van der Waals surface area contributed by atoms with Crippen LogP contribution in [0.5, 0.6) is 0 Å². The van der Waals surface area contributed by atoms with E-state index in [0.29, 0.717) is 18.3 Å². The Morgan fingerprint density at radius 1 is 1.50 bits per heavy atom. The van der Waals surface area contributed by atoms with Crippen LogP contribution in [-0.4, -0.2) is 48.7 Å². The zero-order valence-electron chi connectivity index (χ0n) is 14.1. The lowest BCUT2D eigenvalue weighted by Crippen LogP contribution is -2.44. The van der Waals surface area contributed by atoms with Gasteiger partial charge in [-0.25, -0.2) is 8.42 Å². The quantitative estimate of drug-likeness (QED) is 0.796. The standard InChI is InChI=1S/C16H26N4O3S/c1-2-24(22,23)10-9-20-8-6-14(19-20)18-15(21)16-7-4-3-5-13(16)11-17-12-16/h6,8,13,17H,2-5,7,9-12H2,1H3,(H,18,19,21)/t13-,16+/m0/s1. The van der Waals surface area contributed by atoms with Gasteiger partial charge in [0.2, 0.25) is 5.91 Å². The number of amides is 1. The number of aromatic nitrogens is 2. The fourth-order valence-electron chi connectivity index (χ4n) is 3.86. The zero-order valence-corrected chi connectivity index (χ0v) is 14.9. The van der Waals surface area contributed by atoms with E-state index in [-0.39, 0.29) is 22.8 Å². The molecule has 1 aliphatic carbocycles. The fourth-order valence-corrected chi connectivity index (χ4v) is 4.61. The van der Waals surface area contributed by atoms with E-state index >= 15 is 0 Å². The summed E-state index contributed by atoms with van der Waals surface area (Å²) in [4.78, 5) is 12.8. The molecule has 0 radical (unpaired) electrons. The van der Waals surface area contributed by atoms with E-state index < -0.39 is 9.84 Å². The third-order valence-electron chi connectivity index (χ3n) is 5.44. The van der Waals surface area contributed by atoms with E-state index in [2.05, 4.69) is 15.7 Å². The maximum Gasteiger partial charge on any atom is 0.233 e. The second-order valence-corrected chi connectivity index (χ2v) is 9.36. The first-order chi connectivity index (χ1) is 11.5. The van der Waals surface area contributed by atoms with Crippen LogP contribution in [0.1, 0.15) is 32.6 Å². The summed E-state index contributed by atoms with van der Waals surface area (Å²) < 4.78 is 24.7. The van der Waals surface area contributed by atoms with Crippen LogP contribution < -0.4 is 10.6 Å². The first kappa shape index (κ1) is 17.4. The minimum absolute atomic E-state index is 0.0450. The highest BCUT2D eigenvalue weighted by Gasteiger charge is 2.49. The number of nitrogens with one attached hydrogen (secondary N) is 2. The van der Waals surface area contributed by atoms with Gasteiger partial charge in [0.25, 0.3) is 0 Å². The van der Waals surface area contributed by atoms with Gasteiger partial charge >= 0.3 is 0 Å². The molecule has 24 heavy (non-hydrogen) atoms. The number of aryl methyl sites for hydroxylation is 1. The van der Waals surface area contributed by atoms with Gasteiger partial charge in [-0.15, -0.1) is 0 Å². The molecule has 2 atom stereocenters. The molecule has 2 heterocycles. The van der Waals surface area contributed by atoms with Crippen molar-refractivity contribution in [3.63, 3.8) is 0 Å². The van der Waals surface area contributed by atoms with E-state index in [1.807, 2.05) is 0 Å². The van der Waals surface area contributed by atoms with Crippen LogP contribution in [0.4, 0.5) is 5.82 Å². The van der Waals surface area contributed by atoms with Crippen molar-refractivity contribution >= 4 is 21.6 Å². The maximum absolute atomic E-state index is 12.8. The number of hydrogen-bond acceptors (Lipinski definition) is 5. The number of fused-ring (bicyclic) bond motifs is 1. The molecule has 7 nitrogen and oxygen atoms in total. The van der Waals surface area contributed by atoms with Crippen molar-refractivity contribution in [1.82, 2.24) is 15.1 Å². The van der Waals surface area contributed by atoms with Crippen molar-refractivity contribution in [2.45, 2.75) is 39.2 Å². The van der Waals surface area contributed by atoms with Crippen LogP contribution in [0.3, 0.4) is 0 Å². The Bertz CT molecular complexity index is 700. The predicted molar refractivity (Wildman–Crippen MR) is 92.4 cm³/mol. The van der Waals surface area contributed by atoms with E-state index in [1.54, 1.807) is 23.9 Å². The Hall–Kier alpha value is -1.41. The summed E-state index contributed by atoms with van der Waals surface area (Å²) in [5.74, 6) is 1.15. The average Bonchev–Trinajstić information content (AvgIpc) is 3.20. The first-order valence-electron chi connectivity index (χ1n) is 8.71. The Kier molecular flexibility index (Phi) is 4.96. The van der Waals surface area contributed by atoms with Crippen LogP contribution in [0.25, 0.3) is 0 Å². The van der Waals surface area contributed by atoms with Crippen molar-refractivity contribution in [2.75, 3.05) is 29.9 Å². The molecule has 1 aromatic rings. The molecule has 3 rings (SSSR count). The molecular formula is C16H26N4O3S. The highest BCUT2D eigenvalue weighted by molar-refractivity contribution is 7.91. The van der Waals surface area contributed by atoms with E-state index in [9.17, 15) is 13.2 Å². The summed E-state index contributed by atoms with van der Waals surface area (Å²) in [5.41, 5.74) is -0.312. The van der Waals surface area contributed by atoms with Gasteiger partial charge in [0.05, 0.1) is 17.7 Å². The number of carbonyl (C=O) groups is 1. The van der Waals surface area contributed by atoms with Gasteiger partial charge in [0.15, 0.2) is 15.7 Å². The lowest BCUT2D eigenvalue weighted by molar-refractivity contribution is -0.128. The van der Waals surface area contributed by atoms with E-state index in [0.717, 1.165) is 32.4 Å². The Balaban J connectivity index is 1.63. The molecule has 2 N–H and O–H groups in total. The lowest BCUT2D eigenvalue weighted by atomic mass is 9.67. The van der Waals surface area contributed by atoms with Crippen LogP contribution in [0, 0.1) is 11.3 Å². The summed E-state index contributed by atoms with van der Waals surface area (Å²) in [6.07, 6.45) is 6.02. The number of nitrogens with zero attached hydrogens (tertiary/aromatic N) is 2. The second-order valence-electron chi connectivity index (χ2n) is 6.88. The third kappa shape index (κ3) is 3.49. The van der Waals surface area contributed by atoms with Gasteiger partial charge in [-0.05, 0) is 25.3 Å². The molecule has 1 saturated heterocycles. The molecule has 2 fully saturated rings. The largest absolute Gasteiger partial charge is 0.315 e. The predicted octanol–water partition coefficient (Wildman–Crippen LogP) is 1.04. The van der Waals surface area contributed by atoms with Gasteiger partial charge in [0, 0.05) is 24.6 Å². The molecule has 8 heteroatoms. The summed E-state index contributed by atoms with van der Waals surface area (Å²) in [6, 6.07) is 1.73. The Labute approximate surface area is 143 Å². The minimum atomic E-state index is -3.02. The second kappa shape index (κ2) is 6.84. The molecule has 1 aliphatic heterocycles. The number of hydrogen-bond donors (Lipinski definition) is 2. The van der Waals surface area contributed by atoms with Crippen molar-refractivity contribution in [1.29, 1.82) is 0 Å². The van der Waals surface area contributed by atoms with E-state index in [1.165, 1.54) is 6.42 Å². The Morgan fingerprint density at radius 2 is 2.33 bits per heavy atom. The van der Waals surface area contributed by atoms with Gasteiger partial charge in [0.1, 0.15) is 0 Å². The average molecular weight is 354 g/mol. The third-order valence-corrected chi connectivity index (χ3v) is 7.13. The van der Waals surface area contributed by atoms with Crippen LogP contribution in [0.2, 0.25) is 0 Å². The van der Waals surface area contributed by atoms with Crippen LogP contribution in [-0.2, 0) is 21.2 Å². The van der Waals surface area contributed by atoms with Gasteiger partial charge in [-0.2, -0.15) is 5.10 Å². The number of anilines is 1. The molecule has 1 saturated carbocycles. The monoisotopic (exact) mass is 354 g/mol. The normalized spacial score (nSPS) is 27.0. The zero-order chi connectivity index (χ0) is 17.2. The lowest BCUT2D eigenvalue weighted by Gasteiger charge is -2.36. The molecule has 0 unspecified atom stereocenters. The summed E-state index contributed by atoms with van der Waals surface area (Å²) >= 11 is 0. The van der Waals surface area contributed by atoms with E-state index in [4.69, 9.17) is 0 Å². The van der Waals surface area contributed by atoms with Gasteiger partial charge < -0.3 is 10.6 Å². The van der Waals surface area contributed by atoms with Crippen molar-refractivity contribution < 1.29 is 13.2 Å². The highest BCUT2D eigenvalue weighted by atomic mass is 32.2. The SMILES string of the molecule is CCS(=O)(=O)CCn1ccc(NC(=O)[C@@]23CCCC[C@H]2CNC3)n1. The molecule has 1 aromatic heterocycles. The molecule has 0 spiro atoms. The smallest absolute Gasteiger partial charge is 0.233 e. The molecular weight excluding hydrogens is 328 g/mol. The van der Waals surface area contributed by atoms with Crippen LogP contribution in [0.15, 0.2) is 12.3 Å². The fraction of sp³-hybridized carbons (Fsp3) is 0.750. The Morgan fingerprint density at radius 3 is 3.12 bits per heavy atom. The number of carbonyl (C=O) groups excluding carboxylic acids is 1. The summed E-state index contributed by atoms with van der Waals surface area (Å²) in [6.45, 7) is 3.59. The minimum Gasteiger partial charge on any atom is -0.315 e. The van der Waals surface area contributed by atoms with Crippen molar-refractivity contribution in [3.05, 3.63) is 12.3 Å². The summed E-state index contributed by atoms with van der Waals surface area (Å²) in [5, 5.41) is 10.6. The van der Waals surface area contributed by atoms with Gasteiger partial charge in [-0.1, -0.05) is 19.8 Å². The van der Waals surface area contributed by atoms with Crippen molar-refractivity contribution in [3.8, 4) is 0 Å². The van der Waals surface area contributed by atoms with Crippen molar-refractivity contribution in [2.24, 2.45) is 11.3 Å². The molecule has 2 aliphatic rings. The summed E-state index contributed by atoms with van der Waals surface area (Å²) in [7, 11) is -3.02. The number of rotatable bonds is 6. The molecule has 0 aromatic carbocycles. The molecule has 0 bridgehead atoms. The molecule has 1 amide bonds. The topological polar surface area (TPSA) is 93.1 Å². The van der Waals surface area contributed by atoms with Gasteiger partial charge in [-0.3, -0.25) is 9.48 Å². The highest BCUT2D eigenvalue weighted by Crippen LogP contribution is 2.44. The van der Waals surface area contributed by atoms with Crippen LogP contribution >= 0.6 is 0 Å². The first-order valence-corrected chi connectivity index (χ1v) is 10.5. The molecule has 134 valence electrons. The maximum atomic E-state index is 12.8.